The van der Waals surface area contributed by atoms with E-state index in [0.29, 0.717) is 58.6 Å². The smallest absolute Gasteiger partial charge is 0.269 e. The molecule has 0 amide bonds. The van der Waals surface area contributed by atoms with Crippen molar-refractivity contribution in [3.8, 4) is 39.5 Å². The molecule has 0 aliphatic heterocycles. The summed E-state index contributed by atoms with van der Waals surface area (Å²) in [5, 5.41) is 22.4. The Bertz CT molecular complexity index is 1650. The van der Waals surface area contributed by atoms with Gasteiger partial charge in [0.2, 0.25) is 0 Å². The van der Waals surface area contributed by atoms with E-state index in [0.717, 1.165) is 38.8 Å². The second-order valence-corrected chi connectivity index (χ2v) is 10.1. The standard InChI is InChI=1S/C36H35NO8/c38-31-13-9-28(10-14-31)27-5-7-29(8-6-27)33-17-18-36(35-4-2-1-3-34(33)35)45-26-24-43-22-20-41-19-21-42-23-25-44-32-15-11-30(12-16-32)37(39)40/h1-18,38H,19-26H2. The lowest BCUT2D eigenvalue weighted by molar-refractivity contribution is -0.384. The zero-order valence-electron chi connectivity index (χ0n) is 24.8. The van der Waals surface area contributed by atoms with Crippen LogP contribution in [0.15, 0.2) is 109 Å². The maximum Gasteiger partial charge on any atom is 0.269 e. The number of hydrogen-bond acceptors (Lipinski definition) is 8. The molecule has 0 radical (unpaired) electrons. The highest BCUT2D eigenvalue weighted by Crippen LogP contribution is 2.35. The lowest BCUT2D eigenvalue weighted by atomic mass is 9.96. The summed E-state index contributed by atoms with van der Waals surface area (Å²) < 4.78 is 28.3. The van der Waals surface area contributed by atoms with E-state index < -0.39 is 4.92 Å². The van der Waals surface area contributed by atoms with Gasteiger partial charge in [-0.05, 0) is 58.0 Å². The third-order valence-electron chi connectivity index (χ3n) is 7.05. The van der Waals surface area contributed by atoms with Crippen molar-refractivity contribution in [2.24, 2.45) is 0 Å². The van der Waals surface area contributed by atoms with E-state index in [2.05, 4.69) is 42.5 Å². The molecule has 9 nitrogen and oxygen atoms in total. The molecule has 0 heterocycles. The predicted octanol–water partition coefficient (Wildman–Crippen LogP) is 7.30. The molecule has 0 saturated heterocycles. The van der Waals surface area contributed by atoms with Gasteiger partial charge < -0.3 is 28.8 Å². The Hall–Kier alpha value is -4.96. The summed E-state index contributed by atoms with van der Waals surface area (Å²) in [6.45, 7) is 3.36. The van der Waals surface area contributed by atoms with E-state index in [1.54, 1.807) is 24.3 Å². The van der Waals surface area contributed by atoms with Crippen molar-refractivity contribution >= 4 is 16.5 Å². The summed E-state index contributed by atoms with van der Waals surface area (Å²) >= 11 is 0. The van der Waals surface area contributed by atoms with Crippen LogP contribution < -0.4 is 9.47 Å². The number of aromatic hydroxyl groups is 1. The summed E-state index contributed by atoms with van der Waals surface area (Å²) in [4.78, 5) is 10.2. The molecule has 0 aliphatic rings. The van der Waals surface area contributed by atoms with Gasteiger partial charge in [0.05, 0.1) is 44.6 Å². The molecule has 5 aromatic rings. The van der Waals surface area contributed by atoms with Crippen LogP contribution in [0, 0.1) is 10.1 Å². The number of nitrogens with zero attached hydrogens (tertiary/aromatic N) is 1. The fraction of sp³-hybridized carbons (Fsp3) is 0.222. The Morgan fingerprint density at radius 1 is 0.533 bits per heavy atom. The lowest BCUT2D eigenvalue weighted by Gasteiger charge is -2.14. The van der Waals surface area contributed by atoms with Crippen LogP contribution in [0.1, 0.15) is 0 Å². The van der Waals surface area contributed by atoms with Crippen LogP contribution in [-0.4, -0.2) is 62.9 Å². The molecule has 0 unspecified atom stereocenters. The topological polar surface area (TPSA) is 110 Å². The second-order valence-electron chi connectivity index (χ2n) is 10.1. The number of ether oxygens (including phenoxy) is 5. The van der Waals surface area contributed by atoms with Crippen molar-refractivity contribution in [3.05, 3.63) is 119 Å². The molecule has 0 bridgehead atoms. The molecule has 0 fully saturated rings. The van der Waals surface area contributed by atoms with Crippen molar-refractivity contribution in [1.82, 2.24) is 0 Å². The van der Waals surface area contributed by atoms with Crippen LogP contribution in [0.4, 0.5) is 5.69 Å². The van der Waals surface area contributed by atoms with E-state index >= 15 is 0 Å². The first-order chi connectivity index (χ1) is 22.1. The maximum atomic E-state index is 10.7. The van der Waals surface area contributed by atoms with Crippen LogP contribution >= 0.6 is 0 Å². The van der Waals surface area contributed by atoms with Gasteiger partial charge in [-0.25, -0.2) is 0 Å². The molecule has 45 heavy (non-hydrogen) atoms. The first-order valence-electron chi connectivity index (χ1n) is 14.7. The van der Waals surface area contributed by atoms with Crippen molar-refractivity contribution < 1.29 is 33.7 Å². The molecule has 0 spiro atoms. The summed E-state index contributed by atoms with van der Waals surface area (Å²) in [6.07, 6.45) is 0. The molecular weight excluding hydrogens is 574 g/mol. The largest absolute Gasteiger partial charge is 0.508 e. The van der Waals surface area contributed by atoms with Crippen LogP contribution in [0.2, 0.25) is 0 Å². The average molecular weight is 610 g/mol. The van der Waals surface area contributed by atoms with Gasteiger partial charge in [-0.2, -0.15) is 0 Å². The molecule has 0 aliphatic carbocycles. The van der Waals surface area contributed by atoms with Crippen molar-refractivity contribution in [3.63, 3.8) is 0 Å². The Labute approximate surface area is 261 Å². The van der Waals surface area contributed by atoms with Gasteiger partial charge in [0.25, 0.3) is 5.69 Å². The molecule has 0 aromatic heterocycles. The molecule has 9 heteroatoms. The van der Waals surface area contributed by atoms with E-state index in [-0.39, 0.29) is 11.4 Å². The summed E-state index contributed by atoms with van der Waals surface area (Å²) in [6, 6.07) is 33.9. The van der Waals surface area contributed by atoms with Crippen molar-refractivity contribution in [1.29, 1.82) is 0 Å². The first-order valence-corrected chi connectivity index (χ1v) is 14.7. The molecule has 5 rings (SSSR count). The average Bonchev–Trinajstić information content (AvgIpc) is 3.07. The Morgan fingerprint density at radius 3 is 1.64 bits per heavy atom. The number of fused-ring (bicyclic) bond motifs is 1. The SMILES string of the molecule is O=[N+]([O-])c1ccc(OCCOCCOCCOCCOc2ccc(-c3ccc(-c4ccc(O)cc4)cc3)c3ccccc23)cc1. The predicted molar refractivity (Wildman–Crippen MR) is 173 cm³/mol. The number of phenols is 1. The van der Waals surface area contributed by atoms with Crippen LogP contribution in [-0.2, 0) is 14.2 Å². The number of nitro benzene ring substituents is 1. The molecule has 232 valence electrons. The first kappa shape index (κ1) is 31.5. The minimum atomic E-state index is -0.448. The number of phenolic OH excluding ortho intramolecular Hbond substituents is 1. The number of rotatable bonds is 17. The highest BCUT2D eigenvalue weighted by atomic mass is 16.6. The number of non-ortho nitro benzene ring substituents is 1. The third-order valence-corrected chi connectivity index (χ3v) is 7.05. The summed E-state index contributed by atoms with van der Waals surface area (Å²) in [7, 11) is 0. The fourth-order valence-electron chi connectivity index (χ4n) is 4.78. The monoisotopic (exact) mass is 609 g/mol. The van der Waals surface area contributed by atoms with Gasteiger partial charge in [-0.3, -0.25) is 10.1 Å². The highest BCUT2D eigenvalue weighted by molar-refractivity contribution is 6.00. The number of nitro groups is 1. The lowest BCUT2D eigenvalue weighted by Crippen LogP contribution is -2.14. The van der Waals surface area contributed by atoms with Gasteiger partial charge in [0.1, 0.15) is 30.5 Å². The zero-order chi connectivity index (χ0) is 31.3. The van der Waals surface area contributed by atoms with Crippen LogP contribution in [0.3, 0.4) is 0 Å². The Kier molecular flexibility index (Phi) is 11.3. The van der Waals surface area contributed by atoms with Gasteiger partial charge >= 0.3 is 0 Å². The minimum absolute atomic E-state index is 0.0261. The number of hydrogen-bond donors (Lipinski definition) is 1. The van der Waals surface area contributed by atoms with Gasteiger partial charge in [-0.1, -0.05) is 66.7 Å². The minimum Gasteiger partial charge on any atom is -0.508 e. The maximum absolute atomic E-state index is 10.7. The molecule has 1 N–H and O–H groups in total. The van der Waals surface area contributed by atoms with Crippen molar-refractivity contribution in [2.75, 3.05) is 52.9 Å². The summed E-state index contributed by atoms with van der Waals surface area (Å²) in [5.74, 6) is 1.62. The number of benzene rings is 5. The van der Waals surface area contributed by atoms with Gasteiger partial charge in [0.15, 0.2) is 0 Å². The zero-order valence-corrected chi connectivity index (χ0v) is 24.8. The Morgan fingerprint density at radius 2 is 1.04 bits per heavy atom. The quantitative estimate of drug-likeness (QED) is 0.0665. The van der Waals surface area contributed by atoms with Crippen molar-refractivity contribution in [2.45, 2.75) is 0 Å². The molecule has 0 atom stereocenters. The van der Waals surface area contributed by atoms with E-state index in [4.69, 9.17) is 23.7 Å². The summed E-state index contributed by atoms with van der Waals surface area (Å²) in [5.41, 5.74) is 4.41. The van der Waals surface area contributed by atoms with Crippen LogP contribution in [0.25, 0.3) is 33.0 Å². The molecule has 5 aromatic carbocycles. The van der Waals surface area contributed by atoms with Crippen LogP contribution in [0.5, 0.6) is 17.2 Å². The molecule has 0 saturated carbocycles. The van der Waals surface area contributed by atoms with E-state index in [1.165, 1.54) is 12.1 Å². The van der Waals surface area contributed by atoms with E-state index in [1.807, 2.05) is 30.3 Å². The van der Waals surface area contributed by atoms with Gasteiger partial charge in [0, 0.05) is 17.5 Å². The van der Waals surface area contributed by atoms with Gasteiger partial charge in [-0.15, -0.1) is 0 Å². The fourth-order valence-corrected chi connectivity index (χ4v) is 4.78. The van der Waals surface area contributed by atoms with E-state index in [9.17, 15) is 15.2 Å². The second kappa shape index (κ2) is 16.2. The highest BCUT2D eigenvalue weighted by Gasteiger charge is 2.10. The Balaban J connectivity index is 0.979. The third kappa shape index (κ3) is 9.02. The molecular formula is C36H35NO8. The normalized spacial score (nSPS) is 11.0.